The van der Waals surface area contributed by atoms with Crippen molar-refractivity contribution in [2.45, 2.75) is 36.9 Å². The molecule has 0 aromatic heterocycles. The van der Waals surface area contributed by atoms with Gasteiger partial charge in [0, 0.05) is 49.6 Å². The molecule has 0 aromatic rings. The summed E-state index contributed by atoms with van der Waals surface area (Å²) < 4.78 is 0. The third kappa shape index (κ3) is 15.1. The van der Waals surface area contributed by atoms with Crippen LogP contribution in [0.1, 0.15) is 25.7 Å². The third-order valence-electron chi connectivity index (χ3n) is 2.53. The van der Waals surface area contributed by atoms with E-state index in [2.05, 4.69) is 0 Å². The maximum atomic E-state index is 10.3. The number of rotatable bonds is 10. The number of carbonyl (C=O) groups is 6. The molecule has 0 radical (unpaired) electrons. The quantitative estimate of drug-likeness (QED) is 0.252. The van der Waals surface area contributed by atoms with E-state index >= 15 is 0 Å². The SMILES string of the molecule is O=C([O-])CC(O)(CC(=O)[O-])C(=O)O.O=C([O-])CC(O)(CC(=O)[O-])C(=O)[O-].[K+].[Ti+4]. The van der Waals surface area contributed by atoms with Crippen LogP contribution in [0, 0.1) is 0 Å². The minimum Gasteiger partial charge on any atom is -0.550 e. The van der Waals surface area contributed by atoms with Crippen LogP contribution in [-0.4, -0.2) is 62.3 Å². The van der Waals surface area contributed by atoms with E-state index in [1.165, 1.54) is 0 Å². The van der Waals surface area contributed by atoms with Crippen LogP contribution in [-0.2, 0) is 50.5 Å². The number of hydrogen-bond donors (Lipinski definition) is 3. The van der Waals surface area contributed by atoms with Crippen LogP contribution in [0.4, 0.5) is 0 Å². The molecule has 0 aliphatic carbocycles. The second kappa shape index (κ2) is 15.0. The molecular weight excluding hydrogens is 455 g/mol. The van der Waals surface area contributed by atoms with Gasteiger partial charge in [0.15, 0.2) is 5.60 Å². The Morgan fingerprint density at radius 1 is 0.607 bits per heavy atom. The van der Waals surface area contributed by atoms with Crippen molar-refractivity contribution in [3.05, 3.63) is 0 Å². The van der Waals surface area contributed by atoms with Gasteiger partial charge in [0.2, 0.25) is 0 Å². The van der Waals surface area contributed by atoms with Gasteiger partial charge in [-0.3, -0.25) is 0 Å². The maximum absolute atomic E-state index is 10.3. The first kappa shape index (κ1) is 34.6. The van der Waals surface area contributed by atoms with Crippen LogP contribution in [0.3, 0.4) is 0 Å². The van der Waals surface area contributed by atoms with E-state index < -0.39 is 72.7 Å². The van der Waals surface area contributed by atoms with Crippen LogP contribution in [0.2, 0.25) is 0 Å². The molecule has 0 aromatic carbocycles. The molecular formula is C12H11KO14Ti. The molecule has 3 N–H and O–H groups in total. The fraction of sp³-hybridized carbons (Fsp3) is 0.500. The molecule has 28 heavy (non-hydrogen) atoms. The standard InChI is InChI=1S/2C6H8O7.K.Ti/c2*7-3(8)1-6(13,5(11)12)2-4(9)10;;/h2*13H,1-2H2,(H,7,8)(H,9,10)(H,11,12);;/q;;+1;+4/p-5. The number of carboxylic acids is 6. The van der Waals surface area contributed by atoms with Crippen molar-refractivity contribution in [1.29, 1.82) is 0 Å². The molecule has 0 fully saturated rings. The van der Waals surface area contributed by atoms with Crippen molar-refractivity contribution in [3.8, 4) is 0 Å². The van der Waals surface area contributed by atoms with Gasteiger partial charge >= 0.3 is 79.1 Å². The summed E-state index contributed by atoms with van der Waals surface area (Å²) in [7, 11) is 0. The van der Waals surface area contributed by atoms with Crippen LogP contribution in [0.15, 0.2) is 0 Å². The smallest absolute Gasteiger partial charge is 0.550 e. The molecule has 0 aliphatic rings. The Labute approximate surface area is 213 Å². The van der Waals surface area contributed by atoms with Gasteiger partial charge in [-0.05, 0) is 0 Å². The average Bonchev–Trinajstić information content (AvgIpc) is 2.34. The largest absolute Gasteiger partial charge is 4.00 e. The second-order valence-corrected chi connectivity index (χ2v) is 4.85. The molecule has 0 saturated carbocycles. The Balaban J connectivity index is -0.000000192. The average molecular weight is 466 g/mol. The Hall–Kier alpha value is -0.909. The fourth-order valence-corrected chi connectivity index (χ4v) is 1.38. The summed E-state index contributed by atoms with van der Waals surface area (Å²) in [6.45, 7) is 0. The zero-order valence-electron chi connectivity index (χ0n) is 14.2. The number of aliphatic hydroxyl groups is 2. The zero-order valence-corrected chi connectivity index (χ0v) is 18.8. The van der Waals surface area contributed by atoms with Gasteiger partial charge in [-0.1, -0.05) is 0 Å². The minimum atomic E-state index is -2.97. The van der Waals surface area contributed by atoms with Gasteiger partial charge in [-0.2, -0.15) is 0 Å². The first-order valence-corrected chi connectivity index (χ1v) is 6.24. The summed E-state index contributed by atoms with van der Waals surface area (Å²) in [5.41, 5.74) is -5.84. The van der Waals surface area contributed by atoms with Gasteiger partial charge in [0.1, 0.15) is 5.60 Å². The molecule has 148 valence electrons. The summed E-state index contributed by atoms with van der Waals surface area (Å²) >= 11 is 0. The van der Waals surface area contributed by atoms with Crippen LogP contribution in [0.25, 0.3) is 0 Å². The topological polar surface area (TPSA) is 278 Å². The minimum absolute atomic E-state index is 0. The van der Waals surface area contributed by atoms with E-state index in [1.807, 2.05) is 0 Å². The molecule has 0 atom stereocenters. The van der Waals surface area contributed by atoms with Gasteiger partial charge in [0.25, 0.3) is 0 Å². The van der Waals surface area contributed by atoms with Crippen LogP contribution >= 0.6 is 0 Å². The molecule has 0 aliphatic heterocycles. The summed E-state index contributed by atoms with van der Waals surface area (Å²) in [6, 6.07) is 0. The predicted octanol–water partition coefficient (Wildman–Crippen LogP) is -12.2. The predicted molar refractivity (Wildman–Crippen MR) is 61.0 cm³/mol. The van der Waals surface area contributed by atoms with Crippen molar-refractivity contribution in [2.24, 2.45) is 0 Å². The van der Waals surface area contributed by atoms with E-state index in [4.69, 9.17) is 15.3 Å². The summed E-state index contributed by atoms with van der Waals surface area (Å²) in [5.74, 6) is -11.6. The molecule has 0 unspecified atom stereocenters. The summed E-state index contributed by atoms with van der Waals surface area (Å²) in [5, 5.41) is 76.1. The number of carbonyl (C=O) groups excluding carboxylic acids is 5. The van der Waals surface area contributed by atoms with E-state index in [0.29, 0.717) is 0 Å². The maximum Gasteiger partial charge on any atom is 4.00 e. The molecule has 0 bridgehead atoms. The van der Waals surface area contributed by atoms with E-state index in [1.54, 1.807) is 0 Å². The Bertz CT molecular complexity index is 519. The monoisotopic (exact) mass is 466 g/mol. The number of hydrogen-bond acceptors (Lipinski definition) is 13. The van der Waals surface area contributed by atoms with E-state index in [9.17, 15) is 54.3 Å². The van der Waals surface area contributed by atoms with Crippen molar-refractivity contribution in [3.63, 3.8) is 0 Å². The molecule has 0 spiro atoms. The summed E-state index contributed by atoms with van der Waals surface area (Å²) in [6.07, 6.45) is -5.31. The van der Waals surface area contributed by atoms with Gasteiger partial charge < -0.3 is 64.8 Å². The van der Waals surface area contributed by atoms with Crippen LogP contribution in [0.5, 0.6) is 0 Å². The van der Waals surface area contributed by atoms with Gasteiger partial charge in [-0.25, -0.2) is 4.79 Å². The molecule has 0 heterocycles. The van der Waals surface area contributed by atoms with Gasteiger partial charge in [0.05, 0.1) is 5.97 Å². The van der Waals surface area contributed by atoms with E-state index in [0.717, 1.165) is 0 Å². The van der Waals surface area contributed by atoms with Crippen molar-refractivity contribution in [2.75, 3.05) is 0 Å². The molecule has 14 nitrogen and oxygen atoms in total. The van der Waals surface area contributed by atoms with Crippen LogP contribution < -0.4 is 76.9 Å². The molecule has 0 saturated heterocycles. The van der Waals surface area contributed by atoms with Crippen molar-refractivity contribution < 1.29 is 143 Å². The van der Waals surface area contributed by atoms with E-state index in [-0.39, 0.29) is 73.1 Å². The van der Waals surface area contributed by atoms with Gasteiger partial charge in [-0.15, -0.1) is 0 Å². The molecule has 0 amide bonds. The fourth-order valence-electron chi connectivity index (χ4n) is 1.38. The third-order valence-corrected chi connectivity index (χ3v) is 2.53. The Morgan fingerprint density at radius 3 is 0.964 bits per heavy atom. The number of aliphatic carboxylic acids is 6. The Kier molecular flexibility index (Phi) is 18.5. The normalized spacial score (nSPS) is 10.1. The molecule has 0 rings (SSSR count). The number of carboxylic acid groups (broad SMARTS) is 6. The Morgan fingerprint density at radius 2 is 0.821 bits per heavy atom. The molecule has 16 heteroatoms. The summed E-state index contributed by atoms with van der Waals surface area (Å²) in [4.78, 5) is 60.2. The first-order valence-electron chi connectivity index (χ1n) is 6.24. The second-order valence-electron chi connectivity index (χ2n) is 4.85. The zero-order chi connectivity index (χ0) is 21.3. The first-order chi connectivity index (χ1) is 11.6. The van der Waals surface area contributed by atoms with Crippen molar-refractivity contribution in [1.82, 2.24) is 0 Å². The van der Waals surface area contributed by atoms with Crippen molar-refractivity contribution >= 4 is 35.8 Å².